The van der Waals surface area contributed by atoms with Gasteiger partial charge in [0.1, 0.15) is 0 Å². The lowest BCUT2D eigenvalue weighted by Crippen LogP contribution is -2.66. The van der Waals surface area contributed by atoms with Crippen LogP contribution < -0.4 is 0 Å². The minimum Gasteiger partial charge on any atom is -0.516 e. The fourth-order valence-corrected chi connectivity index (χ4v) is 11.5. The predicted molar refractivity (Wildman–Crippen MR) is 132 cm³/mol. The fourth-order valence-electron chi connectivity index (χ4n) is 11.5. The normalized spacial score (nSPS) is 57.2. The molecule has 0 bridgehead atoms. The van der Waals surface area contributed by atoms with Gasteiger partial charge in [0, 0.05) is 0 Å². The number of fused-ring (bicyclic) bond motifs is 7. The van der Waals surface area contributed by atoms with E-state index in [4.69, 9.17) is 0 Å². The van der Waals surface area contributed by atoms with E-state index >= 15 is 0 Å². The second-order valence-corrected chi connectivity index (χ2v) is 14.7. The van der Waals surface area contributed by atoms with Crippen LogP contribution in [0.4, 0.5) is 0 Å². The highest BCUT2D eigenvalue weighted by Crippen LogP contribution is 2.77. The van der Waals surface area contributed by atoms with Crippen molar-refractivity contribution in [3.63, 3.8) is 0 Å². The summed E-state index contributed by atoms with van der Waals surface area (Å²) in [7, 11) is 0. The van der Waals surface area contributed by atoms with Gasteiger partial charge in [-0.1, -0.05) is 41.5 Å². The van der Waals surface area contributed by atoms with Gasteiger partial charge in [0.2, 0.25) is 0 Å². The van der Waals surface area contributed by atoms with Crippen LogP contribution in [0.2, 0.25) is 0 Å². The van der Waals surface area contributed by atoms with Crippen LogP contribution >= 0.6 is 0 Å². The standard InChI is InChI=1S/C30H50O2/c1-19(18-31)20-10-13-27(4)16-17-29(6)21(25(20)27)8-9-23-28(5)14-12-24(32)26(2,3)22(28)11-15-30(23,29)7/h18,20-25,31-32H,8-17H2,1-7H3/b19-18+/t20-,21+,22-,23+,24-,25-,27+,28-,29+,30+/m0/s1. The number of aliphatic hydroxyl groups excluding tert-OH is 2. The van der Waals surface area contributed by atoms with Crippen molar-refractivity contribution in [1.29, 1.82) is 0 Å². The lowest BCUT2D eigenvalue weighted by Gasteiger charge is -2.73. The van der Waals surface area contributed by atoms with Crippen LogP contribution in [0.15, 0.2) is 11.8 Å². The summed E-state index contributed by atoms with van der Waals surface area (Å²) in [5.41, 5.74) is 2.88. The summed E-state index contributed by atoms with van der Waals surface area (Å²) in [4.78, 5) is 0. The summed E-state index contributed by atoms with van der Waals surface area (Å²) in [5, 5.41) is 20.8. The van der Waals surface area contributed by atoms with Crippen LogP contribution in [0.5, 0.6) is 0 Å². The summed E-state index contributed by atoms with van der Waals surface area (Å²) in [6.07, 6.45) is 14.2. The molecule has 0 aliphatic heterocycles. The van der Waals surface area contributed by atoms with Gasteiger partial charge in [-0.05, 0) is 133 Å². The van der Waals surface area contributed by atoms with Crippen molar-refractivity contribution < 1.29 is 10.2 Å². The average molecular weight is 443 g/mol. The second-order valence-electron chi connectivity index (χ2n) is 14.7. The van der Waals surface area contributed by atoms with Gasteiger partial charge in [0.15, 0.2) is 0 Å². The molecule has 5 aliphatic carbocycles. The van der Waals surface area contributed by atoms with Crippen molar-refractivity contribution in [2.75, 3.05) is 0 Å². The molecule has 0 spiro atoms. The van der Waals surface area contributed by atoms with E-state index in [1.807, 2.05) is 0 Å². The van der Waals surface area contributed by atoms with Crippen molar-refractivity contribution >= 4 is 0 Å². The Morgan fingerprint density at radius 3 is 2.16 bits per heavy atom. The van der Waals surface area contributed by atoms with Crippen LogP contribution in [0, 0.1) is 56.7 Å². The molecule has 2 nitrogen and oxygen atoms in total. The minimum atomic E-state index is -0.139. The highest BCUT2D eigenvalue weighted by atomic mass is 16.3. The number of hydrogen-bond donors (Lipinski definition) is 2. The molecule has 0 aromatic heterocycles. The zero-order valence-electron chi connectivity index (χ0n) is 22.0. The first kappa shape index (κ1) is 23.3. The summed E-state index contributed by atoms with van der Waals surface area (Å²) >= 11 is 0. The van der Waals surface area contributed by atoms with Crippen LogP contribution in [-0.4, -0.2) is 16.3 Å². The minimum absolute atomic E-state index is 0.0385. The molecule has 5 saturated carbocycles. The van der Waals surface area contributed by atoms with Gasteiger partial charge in [-0.25, -0.2) is 0 Å². The van der Waals surface area contributed by atoms with E-state index in [9.17, 15) is 10.2 Å². The van der Waals surface area contributed by atoms with Crippen molar-refractivity contribution in [3.05, 3.63) is 11.8 Å². The maximum atomic E-state index is 10.9. The first-order chi connectivity index (χ1) is 14.8. The molecule has 2 N–H and O–H groups in total. The Hall–Kier alpha value is -0.500. The Labute approximate surface area is 197 Å². The van der Waals surface area contributed by atoms with Gasteiger partial charge in [-0.2, -0.15) is 0 Å². The van der Waals surface area contributed by atoms with Crippen LogP contribution in [-0.2, 0) is 0 Å². The van der Waals surface area contributed by atoms with Crippen molar-refractivity contribution in [2.24, 2.45) is 56.7 Å². The zero-order chi connectivity index (χ0) is 23.3. The molecule has 0 amide bonds. The lowest BCUT2D eigenvalue weighted by molar-refractivity contribution is -0.246. The van der Waals surface area contributed by atoms with Crippen molar-refractivity contribution in [3.8, 4) is 0 Å². The molecule has 2 heteroatoms. The molecule has 5 rings (SSSR count). The molecule has 182 valence electrons. The summed E-state index contributed by atoms with van der Waals surface area (Å²) in [5.74, 6) is 3.51. The molecule has 0 aromatic carbocycles. The highest BCUT2D eigenvalue weighted by Gasteiger charge is 2.70. The van der Waals surface area contributed by atoms with Gasteiger partial charge in [-0.3, -0.25) is 0 Å². The fraction of sp³-hybridized carbons (Fsp3) is 0.933. The third-order valence-corrected chi connectivity index (χ3v) is 13.6. The van der Waals surface area contributed by atoms with Gasteiger partial charge in [0.05, 0.1) is 12.4 Å². The monoisotopic (exact) mass is 442 g/mol. The SMILES string of the molecule is C/C(=C\O)[C@@H]1CC[C@]2(C)CC[C@]3(C)[C@H](CC[C@@H]4[C@@]5(C)CC[C@H](O)C(C)(C)[C@@H]5CC[C@]43C)[C@H]12. The van der Waals surface area contributed by atoms with Crippen molar-refractivity contribution in [2.45, 2.75) is 119 Å². The van der Waals surface area contributed by atoms with Gasteiger partial charge < -0.3 is 10.2 Å². The quantitative estimate of drug-likeness (QED) is 0.405. The molecule has 0 saturated heterocycles. The molecular weight excluding hydrogens is 392 g/mol. The highest BCUT2D eigenvalue weighted by molar-refractivity contribution is 5.21. The van der Waals surface area contributed by atoms with E-state index in [0.29, 0.717) is 33.5 Å². The Morgan fingerprint density at radius 2 is 1.47 bits per heavy atom. The van der Waals surface area contributed by atoms with Crippen LogP contribution in [0.1, 0.15) is 113 Å². The maximum absolute atomic E-state index is 10.9. The van der Waals surface area contributed by atoms with E-state index in [1.54, 1.807) is 0 Å². The lowest BCUT2D eigenvalue weighted by atomic mass is 9.32. The second kappa shape index (κ2) is 7.02. The third-order valence-electron chi connectivity index (χ3n) is 13.6. The molecule has 0 radical (unpaired) electrons. The van der Waals surface area contributed by atoms with Gasteiger partial charge >= 0.3 is 0 Å². The van der Waals surface area contributed by atoms with Gasteiger partial charge in [-0.15, -0.1) is 0 Å². The molecule has 5 aliphatic rings. The number of allylic oxidation sites excluding steroid dienone is 1. The van der Waals surface area contributed by atoms with E-state index in [2.05, 4.69) is 48.5 Å². The first-order valence-corrected chi connectivity index (χ1v) is 13.8. The van der Waals surface area contributed by atoms with Crippen LogP contribution in [0.3, 0.4) is 0 Å². The number of aliphatic hydroxyl groups is 2. The van der Waals surface area contributed by atoms with E-state index in [-0.39, 0.29) is 11.5 Å². The van der Waals surface area contributed by atoms with E-state index in [1.165, 1.54) is 69.6 Å². The number of rotatable bonds is 1. The van der Waals surface area contributed by atoms with E-state index in [0.717, 1.165) is 24.2 Å². The maximum Gasteiger partial charge on any atom is 0.0783 e. The van der Waals surface area contributed by atoms with Crippen molar-refractivity contribution in [1.82, 2.24) is 0 Å². The molecule has 10 atom stereocenters. The topological polar surface area (TPSA) is 40.5 Å². The largest absolute Gasteiger partial charge is 0.516 e. The molecule has 32 heavy (non-hydrogen) atoms. The molecule has 0 heterocycles. The summed E-state index contributed by atoms with van der Waals surface area (Å²) in [6.45, 7) is 17.5. The Kier molecular flexibility index (Phi) is 5.10. The number of hydrogen-bond acceptors (Lipinski definition) is 2. The molecular formula is C30H50O2. The van der Waals surface area contributed by atoms with E-state index < -0.39 is 0 Å². The average Bonchev–Trinajstić information content (AvgIpc) is 3.09. The Morgan fingerprint density at radius 1 is 0.750 bits per heavy atom. The zero-order valence-corrected chi connectivity index (χ0v) is 22.0. The predicted octanol–water partition coefficient (Wildman–Crippen LogP) is 7.91. The third kappa shape index (κ3) is 2.68. The molecule has 5 fully saturated rings. The molecule has 0 unspecified atom stereocenters. The summed E-state index contributed by atoms with van der Waals surface area (Å²) < 4.78 is 0. The smallest absolute Gasteiger partial charge is 0.0783 e. The van der Waals surface area contributed by atoms with Gasteiger partial charge in [0.25, 0.3) is 0 Å². The Bertz CT molecular complexity index is 799. The van der Waals surface area contributed by atoms with Crippen LogP contribution in [0.25, 0.3) is 0 Å². The Balaban J connectivity index is 1.54. The molecule has 0 aromatic rings. The summed E-state index contributed by atoms with van der Waals surface area (Å²) in [6, 6.07) is 0. The first-order valence-electron chi connectivity index (χ1n) is 13.8.